The standard InChI is InChI=1S/C15H16N2O3/c1-2-20-14-7-6-13(10-17-14)16-9-11-4-3-5-12(8-11)15(18)19/h3-8,10,16H,2,9H2,1H3,(H,18,19). The highest BCUT2D eigenvalue weighted by atomic mass is 16.5. The molecular weight excluding hydrogens is 256 g/mol. The summed E-state index contributed by atoms with van der Waals surface area (Å²) in [6.07, 6.45) is 1.69. The molecule has 1 heterocycles. The highest BCUT2D eigenvalue weighted by Crippen LogP contribution is 2.13. The number of rotatable bonds is 6. The van der Waals surface area contributed by atoms with Gasteiger partial charge in [0.15, 0.2) is 0 Å². The van der Waals surface area contributed by atoms with Crippen LogP contribution in [0.25, 0.3) is 0 Å². The lowest BCUT2D eigenvalue weighted by atomic mass is 10.1. The molecule has 104 valence electrons. The molecule has 5 nitrogen and oxygen atoms in total. The van der Waals surface area contributed by atoms with E-state index in [0.29, 0.717) is 19.0 Å². The lowest BCUT2D eigenvalue weighted by Crippen LogP contribution is -2.03. The summed E-state index contributed by atoms with van der Waals surface area (Å²) in [6, 6.07) is 10.5. The molecule has 5 heteroatoms. The predicted molar refractivity (Wildman–Crippen MR) is 76.1 cm³/mol. The van der Waals surface area contributed by atoms with Gasteiger partial charge < -0.3 is 15.2 Å². The topological polar surface area (TPSA) is 71.5 Å². The van der Waals surface area contributed by atoms with E-state index in [1.165, 1.54) is 0 Å². The second-order valence-electron chi connectivity index (χ2n) is 4.18. The van der Waals surface area contributed by atoms with E-state index < -0.39 is 5.97 Å². The van der Waals surface area contributed by atoms with Crippen molar-refractivity contribution in [3.63, 3.8) is 0 Å². The van der Waals surface area contributed by atoms with Gasteiger partial charge in [-0.25, -0.2) is 9.78 Å². The van der Waals surface area contributed by atoms with Crippen LogP contribution in [0.5, 0.6) is 5.88 Å². The molecule has 0 aliphatic rings. The average molecular weight is 272 g/mol. The second kappa shape index (κ2) is 6.56. The molecule has 0 aliphatic heterocycles. The van der Waals surface area contributed by atoms with Crippen LogP contribution < -0.4 is 10.1 Å². The van der Waals surface area contributed by atoms with Gasteiger partial charge in [-0.05, 0) is 30.7 Å². The Morgan fingerprint density at radius 1 is 1.35 bits per heavy atom. The minimum atomic E-state index is -0.922. The van der Waals surface area contributed by atoms with E-state index in [9.17, 15) is 4.79 Å². The number of carboxylic acid groups (broad SMARTS) is 1. The van der Waals surface area contributed by atoms with Crippen molar-refractivity contribution in [2.45, 2.75) is 13.5 Å². The predicted octanol–water partition coefficient (Wildman–Crippen LogP) is 2.79. The van der Waals surface area contributed by atoms with Crippen LogP contribution in [0, 0.1) is 0 Å². The summed E-state index contributed by atoms with van der Waals surface area (Å²) < 4.78 is 5.26. The van der Waals surface area contributed by atoms with Crippen LogP contribution in [-0.2, 0) is 6.54 Å². The van der Waals surface area contributed by atoms with Crippen molar-refractivity contribution in [3.8, 4) is 5.88 Å². The summed E-state index contributed by atoms with van der Waals surface area (Å²) in [4.78, 5) is 15.0. The number of nitrogens with zero attached hydrogens (tertiary/aromatic N) is 1. The van der Waals surface area contributed by atoms with Gasteiger partial charge in [-0.15, -0.1) is 0 Å². The van der Waals surface area contributed by atoms with Gasteiger partial charge in [0, 0.05) is 12.6 Å². The Balaban J connectivity index is 1.97. The van der Waals surface area contributed by atoms with Crippen LogP contribution in [0.3, 0.4) is 0 Å². The second-order valence-corrected chi connectivity index (χ2v) is 4.18. The molecule has 0 radical (unpaired) electrons. The first-order valence-electron chi connectivity index (χ1n) is 6.34. The average Bonchev–Trinajstić information content (AvgIpc) is 2.47. The first kappa shape index (κ1) is 13.9. The van der Waals surface area contributed by atoms with Gasteiger partial charge in [-0.3, -0.25) is 0 Å². The molecule has 0 unspecified atom stereocenters. The smallest absolute Gasteiger partial charge is 0.335 e. The first-order chi connectivity index (χ1) is 9.69. The minimum Gasteiger partial charge on any atom is -0.478 e. The van der Waals surface area contributed by atoms with E-state index in [0.717, 1.165) is 11.3 Å². The number of anilines is 1. The molecule has 0 aliphatic carbocycles. The van der Waals surface area contributed by atoms with Crippen molar-refractivity contribution in [1.82, 2.24) is 4.98 Å². The Labute approximate surface area is 117 Å². The maximum absolute atomic E-state index is 10.9. The summed E-state index contributed by atoms with van der Waals surface area (Å²) in [7, 11) is 0. The minimum absolute atomic E-state index is 0.286. The molecule has 0 amide bonds. The molecular formula is C15H16N2O3. The van der Waals surface area contributed by atoms with Gasteiger partial charge in [0.1, 0.15) is 0 Å². The Morgan fingerprint density at radius 2 is 2.20 bits per heavy atom. The monoisotopic (exact) mass is 272 g/mol. The molecule has 0 saturated carbocycles. The molecule has 1 aromatic carbocycles. The Bertz CT molecular complexity index is 582. The van der Waals surface area contributed by atoms with Crippen molar-refractivity contribution in [2.75, 3.05) is 11.9 Å². The third kappa shape index (κ3) is 3.71. The molecule has 2 N–H and O–H groups in total. The zero-order chi connectivity index (χ0) is 14.4. The number of benzene rings is 1. The van der Waals surface area contributed by atoms with E-state index >= 15 is 0 Å². The number of hydrogen-bond acceptors (Lipinski definition) is 4. The highest BCUT2D eigenvalue weighted by Gasteiger charge is 2.03. The lowest BCUT2D eigenvalue weighted by molar-refractivity contribution is 0.0697. The molecule has 0 atom stereocenters. The van der Waals surface area contributed by atoms with Crippen LogP contribution in [0.15, 0.2) is 42.6 Å². The first-order valence-corrected chi connectivity index (χ1v) is 6.34. The van der Waals surface area contributed by atoms with Crippen molar-refractivity contribution in [2.24, 2.45) is 0 Å². The molecule has 0 saturated heterocycles. The number of aromatic nitrogens is 1. The summed E-state index contributed by atoms with van der Waals surface area (Å²) in [6.45, 7) is 3.03. The largest absolute Gasteiger partial charge is 0.478 e. The van der Waals surface area contributed by atoms with Crippen LogP contribution in [0.4, 0.5) is 5.69 Å². The van der Waals surface area contributed by atoms with Crippen LogP contribution in [0.2, 0.25) is 0 Å². The fraction of sp³-hybridized carbons (Fsp3) is 0.200. The fourth-order valence-electron chi connectivity index (χ4n) is 1.74. The van der Waals surface area contributed by atoms with Crippen molar-refractivity contribution < 1.29 is 14.6 Å². The van der Waals surface area contributed by atoms with Gasteiger partial charge in [0.2, 0.25) is 5.88 Å². The zero-order valence-electron chi connectivity index (χ0n) is 11.2. The van der Waals surface area contributed by atoms with Gasteiger partial charge >= 0.3 is 5.97 Å². The quantitative estimate of drug-likeness (QED) is 0.846. The van der Waals surface area contributed by atoms with Gasteiger partial charge in [-0.2, -0.15) is 0 Å². The maximum Gasteiger partial charge on any atom is 0.335 e. The summed E-state index contributed by atoms with van der Waals surface area (Å²) >= 11 is 0. The third-order valence-corrected chi connectivity index (χ3v) is 2.70. The molecule has 0 spiro atoms. The summed E-state index contributed by atoms with van der Waals surface area (Å²) in [5, 5.41) is 12.1. The number of carbonyl (C=O) groups is 1. The normalized spacial score (nSPS) is 10.1. The van der Waals surface area contributed by atoms with E-state index in [1.807, 2.05) is 19.1 Å². The maximum atomic E-state index is 10.9. The third-order valence-electron chi connectivity index (χ3n) is 2.70. The highest BCUT2D eigenvalue weighted by molar-refractivity contribution is 5.87. The summed E-state index contributed by atoms with van der Waals surface area (Å²) in [5.74, 6) is -0.333. The van der Waals surface area contributed by atoms with E-state index in [-0.39, 0.29) is 5.56 Å². The Hall–Kier alpha value is -2.56. The summed E-state index contributed by atoms with van der Waals surface area (Å²) in [5.41, 5.74) is 2.04. The SMILES string of the molecule is CCOc1ccc(NCc2cccc(C(=O)O)c2)cn1. The molecule has 20 heavy (non-hydrogen) atoms. The van der Waals surface area contributed by atoms with Crippen LogP contribution in [0.1, 0.15) is 22.8 Å². The van der Waals surface area contributed by atoms with Gasteiger partial charge in [0.05, 0.1) is 24.1 Å². The molecule has 0 fully saturated rings. The number of aromatic carboxylic acids is 1. The number of pyridine rings is 1. The van der Waals surface area contributed by atoms with Gasteiger partial charge in [0.25, 0.3) is 0 Å². The lowest BCUT2D eigenvalue weighted by Gasteiger charge is -2.08. The van der Waals surface area contributed by atoms with E-state index in [2.05, 4.69) is 10.3 Å². The number of hydrogen-bond donors (Lipinski definition) is 2. The fourth-order valence-corrected chi connectivity index (χ4v) is 1.74. The van der Waals surface area contributed by atoms with Crippen molar-refractivity contribution in [3.05, 3.63) is 53.7 Å². The van der Waals surface area contributed by atoms with Crippen molar-refractivity contribution >= 4 is 11.7 Å². The number of ether oxygens (including phenoxy) is 1. The molecule has 2 rings (SSSR count). The van der Waals surface area contributed by atoms with Crippen molar-refractivity contribution in [1.29, 1.82) is 0 Å². The molecule has 2 aromatic rings. The molecule has 1 aromatic heterocycles. The van der Waals surface area contributed by atoms with Gasteiger partial charge in [-0.1, -0.05) is 12.1 Å². The Kier molecular flexibility index (Phi) is 4.55. The zero-order valence-corrected chi connectivity index (χ0v) is 11.2. The molecule has 0 bridgehead atoms. The van der Waals surface area contributed by atoms with Crippen LogP contribution in [-0.4, -0.2) is 22.7 Å². The Morgan fingerprint density at radius 3 is 2.85 bits per heavy atom. The number of nitrogens with one attached hydrogen (secondary N) is 1. The van der Waals surface area contributed by atoms with Crippen LogP contribution >= 0.6 is 0 Å². The number of carboxylic acids is 1. The van der Waals surface area contributed by atoms with E-state index in [4.69, 9.17) is 9.84 Å². The van der Waals surface area contributed by atoms with E-state index in [1.54, 1.807) is 30.5 Å².